The molecule has 1 aliphatic heterocycles. The third-order valence-electron chi connectivity index (χ3n) is 4.12. The Morgan fingerprint density at radius 1 is 1.21 bits per heavy atom. The number of amides is 2. The van der Waals surface area contributed by atoms with E-state index in [1.807, 2.05) is 13.0 Å². The second kappa shape index (κ2) is 6.83. The van der Waals surface area contributed by atoms with Gasteiger partial charge in [-0.1, -0.05) is 35.3 Å². The Kier molecular flexibility index (Phi) is 4.78. The van der Waals surface area contributed by atoms with Gasteiger partial charge < -0.3 is 10.2 Å². The zero-order valence-electron chi connectivity index (χ0n) is 13.1. The van der Waals surface area contributed by atoms with Gasteiger partial charge in [0.15, 0.2) is 0 Å². The van der Waals surface area contributed by atoms with Crippen molar-refractivity contribution in [1.82, 2.24) is 0 Å². The molecule has 3 rings (SSSR count). The predicted molar refractivity (Wildman–Crippen MR) is 96.7 cm³/mol. The molecule has 0 saturated carbocycles. The van der Waals surface area contributed by atoms with Crippen LogP contribution in [-0.2, 0) is 9.59 Å². The summed E-state index contributed by atoms with van der Waals surface area (Å²) in [5.74, 6) is -0.672. The topological polar surface area (TPSA) is 49.4 Å². The Balaban J connectivity index is 1.74. The summed E-state index contributed by atoms with van der Waals surface area (Å²) in [5, 5.41) is 3.97. The first-order valence-corrected chi connectivity index (χ1v) is 8.33. The first-order valence-electron chi connectivity index (χ1n) is 7.57. The van der Waals surface area contributed by atoms with Crippen LogP contribution in [-0.4, -0.2) is 18.4 Å². The van der Waals surface area contributed by atoms with Crippen molar-refractivity contribution in [3.8, 4) is 0 Å². The van der Waals surface area contributed by atoms with Crippen molar-refractivity contribution in [3.63, 3.8) is 0 Å². The number of nitrogens with one attached hydrogen (secondary N) is 1. The van der Waals surface area contributed by atoms with Crippen molar-refractivity contribution in [1.29, 1.82) is 0 Å². The molecular formula is C18H16Cl2N2O2. The van der Waals surface area contributed by atoms with Gasteiger partial charge in [0.2, 0.25) is 11.8 Å². The fraction of sp³-hybridized carbons (Fsp3) is 0.222. The minimum absolute atomic E-state index is 0.0772. The number of rotatable bonds is 3. The van der Waals surface area contributed by atoms with Crippen LogP contribution < -0.4 is 10.2 Å². The highest BCUT2D eigenvalue weighted by atomic mass is 35.5. The van der Waals surface area contributed by atoms with E-state index in [0.717, 1.165) is 11.3 Å². The van der Waals surface area contributed by atoms with E-state index in [4.69, 9.17) is 23.2 Å². The lowest BCUT2D eigenvalue weighted by Crippen LogP contribution is -2.28. The predicted octanol–water partition coefficient (Wildman–Crippen LogP) is 4.29. The highest BCUT2D eigenvalue weighted by Crippen LogP contribution is 2.31. The monoisotopic (exact) mass is 362 g/mol. The maximum absolute atomic E-state index is 12.4. The average molecular weight is 363 g/mol. The third kappa shape index (κ3) is 3.40. The number of benzene rings is 2. The van der Waals surface area contributed by atoms with Crippen molar-refractivity contribution in [2.24, 2.45) is 5.92 Å². The summed E-state index contributed by atoms with van der Waals surface area (Å²) < 4.78 is 0. The van der Waals surface area contributed by atoms with Gasteiger partial charge in [0.05, 0.1) is 5.92 Å². The number of carbonyl (C=O) groups is 2. The second-order valence-corrected chi connectivity index (χ2v) is 6.63. The molecule has 24 heavy (non-hydrogen) atoms. The smallest absolute Gasteiger partial charge is 0.229 e. The summed E-state index contributed by atoms with van der Waals surface area (Å²) in [6, 6.07) is 12.4. The summed E-state index contributed by atoms with van der Waals surface area (Å²) in [7, 11) is 0. The van der Waals surface area contributed by atoms with Gasteiger partial charge in [-0.2, -0.15) is 0 Å². The molecule has 124 valence electrons. The highest BCUT2D eigenvalue weighted by Gasteiger charge is 2.35. The fourth-order valence-electron chi connectivity index (χ4n) is 2.82. The number of hydrogen-bond acceptors (Lipinski definition) is 2. The van der Waals surface area contributed by atoms with Gasteiger partial charge >= 0.3 is 0 Å². The van der Waals surface area contributed by atoms with Crippen LogP contribution in [0.3, 0.4) is 0 Å². The summed E-state index contributed by atoms with van der Waals surface area (Å²) in [6.45, 7) is 2.21. The van der Waals surface area contributed by atoms with Gasteiger partial charge in [-0.25, -0.2) is 0 Å². The molecule has 1 saturated heterocycles. The number of nitrogens with zero attached hydrogens (tertiary/aromatic N) is 1. The molecule has 6 heteroatoms. The van der Waals surface area contributed by atoms with E-state index in [1.54, 1.807) is 41.3 Å². The fourth-order valence-corrected chi connectivity index (χ4v) is 3.17. The summed E-state index contributed by atoms with van der Waals surface area (Å²) >= 11 is 12.1. The van der Waals surface area contributed by atoms with E-state index in [9.17, 15) is 9.59 Å². The van der Waals surface area contributed by atoms with Gasteiger partial charge in [-0.3, -0.25) is 9.59 Å². The van der Waals surface area contributed by atoms with Gasteiger partial charge in [0.1, 0.15) is 0 Å². The van der Waals surface area contributed by atoms with Crippen molar-refractivity contribution in [2.45, 2.75) is 13.3 Å². The molecule has 0 aromatic heterocycles. The number of halogens is 2. The molecular weight excluding hydrogens is 347 g/mol. The molecule has 0 bridgehead atoms. The van der Waals surface area contributed by atoms with Crippen molar-refractivity contribution in [3.05, 3.63) is 58.1 Å². The standard InChI is InChI=1S/C18H16Cl2N2O2/c1-11-15(20)6-3-7-16(11)22-10-12(8-17(22)23)18(24)21-14-5-2-4-13(19)9-14/h2-7,9,12H,8,10H2,1H3,(H,21,24)/t12-/m1/s1. The molecule has 0 aliphatic carbocycles. The van der Waals surface area contributed by atoms with Crippen molar-refractivity contribution >= 4 is 46.4 Å². The zero-order valence-corrected chi connectivity index (χ0v) is 14.6. The molecule has 1 heterocycles. The van der Waals surface area contributed by atoms with Crippen LogP contribution in [0.5, 0.6) is 0 Å². The van der Waals surface area contributed by atoms with Crippen LogP contribution in [0, 0.1) is 12.8 Å². The molecule has 0 unspecified atom stereocenters. The molecule has 1 aliphatic rings. The lowest BCUT2D eigenvalue weighted by molar-refractivity contribution is -0.122. The molecule has 1 N–H and O–H groups in total. The van der Waals surface area contributed by atoms with Crippen molar-refractivity contribution < 1.29 is 9.59 Å². The molecule has 0 radical (unpaired) electrons. The van der Waals surface area contributed by atoms with E-state index >= 15 is 0 Å². The van der Waals surface area contributed by atoms with Crippen LogP contribution in [0.1, 0.15) is 12.0 Å². The maximum atomic E-state index is 12.4. The number of carbonyl (C=O) groups excluding carboxylic acids is 2. The van der Waals surface area contributed by atoms with Gasteiger partial charge in [0.25, 0.3) is 0 Å². The Labute approximate surface area is 150 Å². The zero-order chi connectivity index (χ0) is 17.3. The minimum Gasteiger partial charge on any atom is -0.326 e. The normalized spacial score (nSPS) is 17.2. The molecule has 1 atom stereocenters. The number of hydrogen-bond donors (Lipinski definition) is 1. The Morgan fingerprint density at radius 3 is 2.71 bits per heavy atom. The molecule has 2 amide bonds. The lowest BCUT2D eigenvalue weighted by atomic mass is 10.1. The highest BCUT2D eigenvalue weighted by molar-refractivity contribution is 6.32. The lowest BCUT2D eigenvalue weighted by Gasteiger charge is -2.19. The summed E-state index contributed by atoms with van der Waals surface area (Å²) in [5.41, 5.74) is 2.21. The quantitative estimate of drug-likeness (QED) is 0.884. The Hall–Kier alpha value is -2.04. The average Bonchev–Trinajstić information content (AvgIpc) is 2.92. The minimum atomic E-state index is -0.408. The largest absolute Gasteiger partial charge is 0.326 e. The Morgan fingerprint density at radius 2 is 1.96 bits per heavy atom. The summed E-state index contributed by atoms with van der Waals surface area (Å²) in [6.07, 6.45) is 0.179. The van der Waals surface area contributed by atoms with Crippen LogP contribution in [0.4, 0.5) is 11.4 Å². The van der Waals surface area contributed by atoms with E-state index in [0.29, 0.717) is 22.3 Å². The molecule has 0 spiro atoms. The van der Waals surface area contributed by atoms with Gasteiger partial charge in [-0.05, 0) is 42.8 Å². The van der Waals surface area contributed by atoms with Crippen LogP contribution in [0.2, 0.25) is 10.0 Å². The van der Waals surface area contributed by atoms with Crippen molar-refractivity contribution in [2.75, 3.05) is 16.8 Å². The van der Waals surface area contributed by atoms with Crippen LogP contribution in [0.15, 0.2) is 42.5 Å². The molecule has 2 aromatic rings. The SMILES string of the molecule is Cc1c(Cl)cccc1N1C[C@H](C(=O)Nc2cccc(Cl)c2)CC1=O. The van der Waals surface area contributed by atoms with Crippen LogP contribution >= 0.6 is 23.2 Å². The first kappa shape index (κ1) is 16.8. The van der Waals surface area contributed by atoms with E-state index < -0.39 is 5.92 Å². The van der Waals surface area contributed by atoms with Gasteiger partial charge in [0, 0.05) is 34.4 Å². The van der Waals surface area contributed by atoms with Gasteiger partial charge in [-0.15, -0.1) is 0 Å². The van der Waals surface area contributed by atoms with Crippen LogP contribution in [0.25, 0.3) is 0 Å². The summed E-state index contributed by atoms with van der Waals surface area (Å²) in [4.78, 5) is 26.4. The maximum Gasteiger partial charge on any atom is 0.229 e. The third-order valence-corrected chi connectivity index (χ3v) is 4.76. The molecule has 4 nitrogen and oxygen atoms in total. The van der Waals surface area contributed by atoms with E-state index in [1.165, 1.54) is 0 Å². The van der Waals surface area contributed by atoms with E-state index in [-0.39, 0.29) is 18.2 Å². The Bertz CT molecular complexity index is 807. The number of anilines is 2. The second-order valence-electron chi connectivity index (χ2n) is 5.79. The first-order chi connectivity index (χ1) is 11.5. The molecule has 1 fully saturated rings. The molecule has 2 aromatic carbocycles. The van der Waals surface area contributed by atoms with E-state index in [2.05, 4.69) is 5.32 Å².